The van der Waals surface area contributed by atoms with Crippen LogP contribution in [0.25, 0.3) is 6.08 Å². The minimum absolute atomic E-state index is 0.0842. The summed E-state index contributed by atoms with van der Waals surface area (Å²) in [5, 5.41) is 9.56. The quantitative estimate of drug-likeness (QED) is 0.487. The maximum atomic E-state index is 11.9. The minimum atomic E-state index is -0.665. The summed E-state index contributed by atoms with van der Waals surface area (Å²) in [6, 6.07) is 18.1. The summed E-state index contributed by atoms with van der Waals surface area (Å²) in [6.45, 7) is 0.126. The van der Waals surface area contributed by atoms with E-state index < -0.39 is 5.97 Å². The molecule has 0 saturated heterocycles. The average molecular weight is 298 g/mol. The first-order valence-corrected chi connectivity index (χ1v) is 6.66. The van der Waals surface area contributed by atoms with E-state index in [9.17, 15) is 4.79 Å². The van der Waals surface area contributed by atoms with Gasteiger partial charge in [-0.05, 0) is 23.3 Å². The fourth-order valence-corrected chi connectivity index (χ4v) is 1.88. The zero-order valence-electron chi connectivity index (χ0n) is 11.1. The Bertz CT molecular complexity index is 702. The van der Waals surface area contributed by atoms with Gasteiger partial charge in [-0.25, -0.2) is 4.79 Å². The molecule has 0 radical (unpaired) electrons. The summed E-state index contributed by atoms with van der Waals surface area (Å²) in [7, 11) is 0. The molecule has 0 aliphatic carbocycles. The third-order valence-electron chi connectivity index (χ3n) is 2.76. The standard InChI is InChI=1S/C17H12ClNO2/c18-16-9-5-4-8-14(16)10-15(11-19)17(20)21-12-13-6-2-1-3-7-13/h1-10H,12H2. The second kappa shape index (κ2) is 7.28. The lowest BCUT2D eigenvalue weighted by Gasteiger charge is -2.04. The number of nitrogens with zero attached hydrogens (tertiary/aromatic N) is 1. The second-order valence-electron chi connectivity index (χ2n) is 4.25. The van der Waals surface area contributed by atoms with E-state index >= 15 is 0 Å². The third-order valence-corrected chi connectivity index (χ3v) is 3.10. The Morgan fingerprint density at radius 1 is 1.14 bits per heavy atom. The molecule has 0 amide bonds. The topological polar surface area (TPSA) is 50.1 Å². The first-order valence-electron chi connectivity index (χ1n) is 6.28. The highest BCUT2D eigenvalue weighted by molar-refractivity contribution is 6.32. The number of nitriles is 1. The van der Waals surface area contributed by atoms with Crippen molar-refractivity contribution >= 4 is 23.6 Å². The molecule has 2 aromatic rings. The Morgan fingerprint density at radius 3 is 2.48 bits per heavy atom. The molecule has 0 spiro atoms. The lowest BCUT2D eigenvalue weighted by atomic mass is 10.1. The van der Waals surface area contributed by atoms with Gasteiger partial charge in [-0.1, -0.05) is 60.1 Å². The maximum Gasteiger partial charge on any atom is 0.349 e. The van der Waals surface area contributed by atoms with Crippen LogP contribution >= 0.6 is 11.6 Å². The molecule has 0 aliphatic heterocycles. The van der Waals surface area contributed by atoms with Gasteiger partial charge < -0.3 is 4.74 Å². The molecule has 0 aromatic heterocycles. The first kappa shape index (κ1) is 14.8. The lowest BCUT2D eigenvalue weighted by molar-refractivity contribution is -0.139. The molecule has 0 heterocycles. The highest BCUT2D eigenvalue weighted by atomic mass is 35.5. The van der Waals surface area contributed by atoms with Crippen LogP contribution in [0.3, 0.4) is 0 Å². The Hall–Kier alpha value is -2.57. The second-order valence-corrected chi connectivity index (χ2v) is 4.66. The van der Waals surface area contributed by atoms with Gasteiger partial charge in [-0.3, -0.25) is 0 Å². The molecule has 4 heteroatoms. The first-order chi connectivity index (χ1) is 10.2. The summed E-state index contributed by atoms with van der Waals surface area (Å²) < 4.78 is 5.12. The normalized spacial score (nSPS) is 10.8. The molecular formula is C17H12ClNO2. The van der Waals surface area contributed by atoms with Gasteiger partial charge in [-0.2, -0.15) is 5.26 Å². The maximum absolute atomic E-state index is 11.9. The molecule has 0 fully saturated rings. The number of carbonyl (C=O) groups excluding carboxylic acids is 1. The smallest absolute Gasteiger partial charge is 0.349 e. The largest absolute Gasteiger partial charge is 0.457 e. The van der Waals surface area contributed by atoms with Gasteiger partial charge in [0.15, 0.2) is 0 Å². The zero-order chi connectivity index (χ0) is 15.1. The van der Waals surface area contributed by atoms with Gasteiger partial charge in [0, 0.05) is 5.02 Å². The van der Waals surface area contributed by atoms with Crippen molar-refractivity contribution in [2.24, 2.45) is 0 Å². The van der Waals surface area contributed by atoms with E-state index in [0.29, 0.717) is 10.6 Å². The van der Waals surface area contributed by atoms with E-state index in [0.717, 1.165) is 5.56 Å². The molecule has 2 rings (SSSR count). The number of benzene rings is 2. The molecule has 2 aromatic carbocycles. The number of esters is 1. The van der Waals surface area contributed by atoms with Crippen LogP contribution in [0.5, 0.6) is 0 Å². The predicted molar refractivity (Wildman–Crippen MR) is 81.3 cm³/mol. The van der Waals surface area contributed by atoms with Gasteiger partial charge in [0.25, 0.3) is 0 Å². The van der Waals surface area contributed by atoms with Crippen LogP contribution in [0.2, 0.25) is 5.02 Å². The van der Waals surface area contributed by atoms with Gasteiger partial charge >= 0.3 is 5.97 Å². The minimum Gasteiger partial charge on any atom is -0.457 e. The van der Waals surface area contributed by atoms with E-state index in [1.54, 1.807) is 24.3 Å². The number of ether oxygens (including phenoxy) is 1. The summed E-state index contributed by atoms with van der Waals surface area (Å²) in [4.78, 5) is 11.9. The number of hydrogen-bond acceptors (Lipinski definition) is 3. The Labute approximate surface area is 128 Å². The summed E-state index contributed by atoms with van der Waals surface area (Å²) >= 11 is 6.00. The third kappa shape index (κ3) is 4.20. The molecule has 0 unspecified atom stereocenters. The van der Waals surface area contributed by atoms with Crippen molar-refractivity contribution in [3.8, 4) is 6.07 Å². The van der Waals surface area contributed by atoms with E-state index in [2.05, 4.69) is 0 Å². The van der Waals surface area contributed by atoms with Gasteiger partial charge in [0.1, 0.15) is 18.2 Å². The van der Waals surface area contributed by atoms with Crippen LogP contribution < -0.4 is 0 Å². The van der Waals surface area contributed by atoms with Crippen LogP contribution in [0.1, 0.15) is 11.1 Å². The van der Waals surface area contributed by atoms with Crippen molar-refractivity contribution in [2.75, 3.05) is 0 Å². The molecule has 0 N–H and O–H groups in total. The molecule has 21 heavy (non-hydrogen) atoms. The van der Waals surface area contributed by atoms with Crippen molar-refractivity contribution in [3.05, 3.63) is 76.3 Å². The van der Waals surface area contributed by atoms with Crippen molar-refractivity contribution < 1.29 is 9.53 Å². The summed E-state index contributed by atoms with van der Waals surface area (Å²) in [5.41, 5.74) is 1.38. The van der Waals surface area contributed by atoms with E-state index in [1.807, 2.05) is 36.4 Å². The monoisotopic (exact) mass is 297 g/mol. The van der Waals surface area contributed by atoms with Crippen molar-refractivity contribution in [3.63, 3.8) is 0 Å². The molecule has 0 aliphatic rings. The highest BCUT2D eigenvalue weighted by Gasteiger charge is 2.11. The highest BCUT2D eigenvalue weighted by Crippen LogP contribution is 2.18. The number of rotatable bonds is 4. The molecule has 0 atom stereocenters. The van der Waals surface area contributed by atoms with Crippen molar-refractivity contribution in [2.45, 2.75) is 6.61 Å². The van der Waals surface area contributed by atoms with Crippen LogP contribution in [0, 0.1) is 11.3 Å². The molecule has 0 bridgehead atoms. The SMILES string of the molecule is N#CC(=Cc1ccccc1Cl)C(=O)OCc1ccccc1. The average Bonchev–Trinajstić information content (AvgIpc) is 2.53. The van der Waals surface area contributed by atoms with Crippen LogP contribution in [0.15, 0.2) is 60.2 Å². The van der Waals surface area contributed by atoms with Crippen molar-refractivity contribution in [1.82, 2.24) is 0 Å². The van der Waals surface area contributed by atoms with Crippen LogP contribution in [0.4, 0.5) is 0 Å². The summed E-state index contributed by atoms with van der Waals surface area (Å²) in [6.07, 6.45) is 1.43. The predicted octanol–water partition coefficient (Wildman–Crippen LogP) is 3.99. The molecule has 3 nitrogen and oxygen atoms in total. The van der Waals surface area contributed by atoms with E-state index in [-0.39, 0.29) is 12.2 Å². The van der Waals surface area contributed by atoms with Crippen LogP contribution in [-0.4, -0.2) is 5.97 Å². The Morgan fingerprint density at radius 2 is 1.81 bits per heavy atom. The number of halogens is 1. The number of hydrogen-bond donors (Lipinski definition) is 0. The van der Waals surface area contributed by atoms with E-state index in [1.165, 1.54) is 6.08 Å². The van der Waals surface area contributed by atoms with E-state index in [4.69, 9.17) is 21.6 Å². The van der Waals surface area contributed by atoms with Crippen molar-refractivity contribution in [1.29, 1.82) is 5.26 Å². The van der Waals surface area contributed by atoms with Gasteiger partial charge in [0.05, 0.1) is 0 Å². The van der Waals surface area contributed by atoms with Gasteiger partial charge in [-0.15, -0.1) is 0 Å². The number of carbonyl (C=O) groups is 1. The lowest BCUT2D eigenvalue weighted by Crippen LogP contribution is -2.06. The fourth-order valence-electron chi connectivity index (χ4n) is 1.69. The Balaban J connectivity index is 2.09. The molecule has 104 valence electrons. The van der Waals surface area contributed by atoms with Gasteiger partial charge in [0.2, 0.25) is 0 Å². The zero-order valence-corrected chi connectivity index (χ0v) is 11.9. The Kier molecular flexibility index (Phi) is 5.14. The fraction of sp³-hybridized carbons (Fsp3) is 0.0588. The molecular weight excluding hydrogens is 286 g/mol. The molecule has 0 saturated carbocycles. The summed E-state index contributed by atoms with van der Waals surface area (Å²) in [5.74, 6) is -0.665. The van der Waals surface area contributed by atoms with Crippen LogP contribution in [-0.2, 0) is 16.1 Å².